The van der Waals surface area contributed by atoms with E-state index in [9.17, 15) is 0 Å². The molecule has 1 aromatic carbocycles. The van der Waals surface area contributed by atoms with E-state index in [-0.39, 0.29) is 0 Å². The minimum Gasteiger partial charge on any atom is -0.316 e. The number of rotatable bonds is 7. The Kier molecular flexibility index (Phi) is 5.95. The van der Waals surface area contributed by atoms with Crippen molar-refractivity contribution in [2.24, 2.45) is 0 Å². The molecule has 0 aliphatic carbocycles. The van der Waals surface area contributed by atoms with Crippen LogP contribution in [0.25, 0.3) is 0 Å². The van der Waals surface area contributed by atoms with Crippen molar-refractivity contribution in [2.75, 3.05) is 13.6 Å². The SMILES string of the molecule is C=CCN(Cc1ccccc1CNC)C(C)C. The highest BCUT2D eigenvalue weighted by atomic mass is 15.1. The molecule has 0 unspecified atom stereocenters. The molecule has 17 heavy (non-hydrogen) atoms. The van der Waals surface area contributed by atoms with E-state index in [2.05, 4.69) is 54.9 Å². The number of nitrogens with one attached hydrogen (secondary N) is 1. The predicted molar refractivity (Wildman–Crippen MR) is 74.9 cm³/mol. The van der Waals surface area contributed by atoms with Gasteiger partial charge in [0.1, 0.15) is 0 Å². The van der Waals surface area contributed by atoms with Gasteiger partial charge in [-0.2, -0.15) is 0 Å². The average molecular weight is 232 g/mol. The molecule has 94 valence electrons. The van der Waals surface area contributed by atoms with Crippen LogP contribution in [0.2, 0.25) is 0 Å². The minimum absolute atomic E-state index is 0.538. The highest BCUT2D eigenvalue weighted by Crippen LogP contribution is 2.13. The molecule has 0 aliphatic rings. The van der Waals surface area contributed by atoms with Gasteiger partial charge in [0.2, 0.25) is 0 Å². The maximum Gasteiger partial charge on any atom is 0.0242 e. The average Bonchev–Trinajstić information content (AvgIpc) is 2.31. The lowest BCUT2D eigenvalue weighted by Gasteiger charge is -2.26. The van der Waals surface area contributed by atoms with Gasteiger partial charge in [0, 0.05) is 25.7 Å². The van der Waals surface area contributed by atoms with E-state index in [1.165, 1.54) is 11.1 Å². The Hall–Kier alpha value is -1.12. The van der Waals surface area contributed by atoms with Gasteiger partial charge in [-0.25, -0.2) is 0 Å². The van der Waals surface area contributed by atoms with E-state index in [0.29, 0.717) is 6.04 Å². The van der Waals surface area contributed by atoms with Crippen LogP contribution in [-0.2, 0) is 13.1 Å². The summed E-state index contributed by atoms with van der Waals surface area (Å²) in [4.78, 5) is 2.42. The van der Waals surface area contributed by atoms with Crippen molar-refractivity contribution in [3.63, 3.8) is 0 Å². The van der Waals surface area contributed by atoms with E-state index in [1.54, 1.807) is 0 Å². The molecule has 0 fully saturated rings. The molecule has 2 heteroatoms. The second kappa shape index (κ2) is 7.25. The van der Waals surface area contributed by atoms with Gasteiger partial charge in [-0.3, -0.25) is 4.90 Å². The lowest BCUT2D eigenvalue weighted by Crippen LogP contribution is -2.31. The fourth-order valence-electron chi connectivity index (χ4n) is 1.92. The molecule has 1 aromatic rings. The standard InChI is InChI=1S/C15H24N2/c1-5-10-17(13(2)3)12-15-9-7-6-8-14(15)11-16-4/h5-9,13,16H,1,10-12H2,2-4H3. The molecule has 0 saturated heterocycles. The van der Waals surface area contributed by atoms with E-state index < -0.39 is 0 Å². The predicted octanol–water partition coefficient (Wildman–Crippen LogP) is 2.80. The molecule has 0 aromatic heterocycles. The molecule has 0 radical (unpaired) electrons. The molecule has 0 saturated carbocycles. The third-order valence-corrected chi connectivity index (χ3v) is 2.95. The summed E-state index contributed by atoms with van der Waals surface area (Å²) < 4.78 is 0. The minimum atomic E-state index is 0.538. The van der Waals surface area contributed by atoms with Crippen molar-refractivity contribution in [1.82, 2.24) is 10.2 Å². The zero-order valence-electron chi connectivity index (χ0n) is 11.2. The van der Waals surface area contributed by atoms with Crippen LogP contribution >= 0.6 is 0 Å². The van der Waals surface area contributed by atoms with Crippen LogP contribution in [0, 0.1) is 0 Å². The van der Waals surface area contributed by atoms with Crippen molar-refractivity contribution in [2.45, 2.75) is 33.0 Å². The Morgan fingerprint density at radius 1 is 1.29 bits per heavy atom. The van der Waals surface area contributed by atoms with Crippen molar-refractivity contribution in [1.29, 1.82) is 0 Å². The third-order valence-electron chi connectivity index (χ3n) is 2.95. The van der Waals surface area contributed by atoms with Crippen LogP contribution in [-0.4, -0.2) is 24.5 Å². The first-order chi connectivity index (χ1) is 8.19. The summed E-state index contributed by atoms with van der Waals surface area (Å²) >= 11 is 0. The summed E-state index contributed by atoms with van der Waals surface area (Å²) in [5, 5.41) is 3.22. The zero-order chi connectivity index (χ0) is 12.7. The topological polar surface area (TPSA) is 15.3 Å². The Bertz CT molecular complexity index is 345. The number of hydrogen-bond donors (Lipinski definition) is 1. The van der Waals surface area contributed by atoms with Crippen molar-refractivity contribution in [3.8, 4) is 0 Å². The monoisotopic (exact) mass is 232 g/mol. The molecule has 2 nitrogen and oxygen atoms in total. The highest BCUT2D eigenvalue weighted by Gasteiger charge is 2.10. The van der Waals surface area contributed by atoms with Gasteiger partial charge in [-0.15, -0.1) is 6.58 Å². The molecule has 0 spiro atoms. The highest BCUT2D eigenvalue weighted by molar-refractivity contribution is 5.27. The largest absolute Gasteiger partial charge is 0.316 e. The molecule has 0 bridgehead atoms. The van der Waals surface area contributed by atoms with Crippen LogP contribution in [0.5, 0.6) is 0 Å². The van der Waals surface area contributed by atoms with Gasteiger partial charge in [-0.05, 0) is 32.0 Å². The first-order valence-corrected chi connectivity index (χ1v) is 6.25. The van der Waals surface area contributed by atoms with Crippen LogP contribution in [0.1, 0.15) is 25.0 Å². The second-order valence-electron chi connectivity index (χ2n) is 4.61. The van der Waals surface area contributed by atoms with Crippen molar-refractivity contribution in [3.05, 3.63) is 48.0 Å². The fraction of sp³-hybridized carbons (Fsp3) is 0.467. The summed E-state index contributed by atoms with van der Waals surface area (Å²) in [5.41, 5.74) is 2.78. The van der Waals surface area contributed by atoms with Gasteiger partial charge in [0.15, 0.2) is 0 Å². The first kappa shape index (κ1) is 13.9. The number of nitrogens with zero attached hydrogens (tertiary/aromatic N) is 1. The second-order valence-corrected chi connectivity index (χ2v) is 4.61. The third kappa shape index (κ3) is 4.33. The summed E-state index contributed by atoms with van der Waals surface area (Å²) in [6.45, 7) is 11.1. The van der Waals surface area contributed by atoms with Crippen LogP contribution in [0.3, 0.4) is 0 Å². The molecule has 0 aliphatic heterocycles. The van der Waals surface area contributed by atoms with E-state index in [4.69, 9.17) is 0 Å². The lowest BCUT2D eigenvalue weighted by atomic mass is 10.1. The zero-order valence-corrected chi connectivity index (χ0v) is 11.2. The fourth-order valence-corrected chi connectivity index (χ4v) is 1.92. The molecule has 0 amide bonds. The Morgan fingerprint density at radius 2 is 1.94 bits per heavy atom. The quantitative estimate of drug-likeness (QED) is 0.727. The lowest BCUT2D eigenvalue weighted by molar-refractivity contribution is 0.236. The molecule has 1 N–H and O–H groups in total. The van der Waals surface area contributed by atoms with Crippen molar-refractivity contribution < 1.29 is 0 Å². The summed E-state index contributed by atoms with van der Waals surface area (Å²) in [6.07, 6.45) is 1.97. The van der Waals surface area contributed by atoms with Crippen LogP contribution < -0.4 is 5.32 Å². The van der Waals surface area contributed by atoms with E-state index >= 15 is 0 Å². The van der Waals surface area contributed by atoms with Gasteiger partial charge >= 0.3 is 0 Å². The Labute approximate surface area is 105 Å². The summed E-state index contributed by atoms with van der Waals surface area (Å²) in [5.74, 6) is 0. The van der Waals surface area contributed by atoms with Crippen LogP contribution in [0.4, 0.5) is 0 Å². The van der Waals surface area contributed by atoms with Gasteiger partial charge in [0.05, 0.1) is 0 Å². The smallest absolute Gasteiger partial charge is 0.0242 e. The number of hydrogen-bond acceptors (Lipinski definition) is 2. The summed E-state index contributed by atoms with van der Waals surface area (Å²) in [6, 6.07) is 9.16. The van der Waals surface area contributed by atoms with E-state index in [1.807, 2.05) is 13.1 Å². The molecular weight excluding hydrogens is 208 g/mol. The normalized spacial score (nSPS) is 11.1. The van der Waals surface area contributed by atoms with Gasteiger partial charge in [0.25, 0.3) is 0 Å². The maximum absolute atomic E-state index is 3.83. The van der Waals surface area contributed by atoms with E-state index in [0.717, 1.165) is 19.6 Å². The molecular formula is C15H24N2. The molecule has 1 rings (SSSR count). The van der Waals surface area contributed by atoms with Gasteiger partial charge in [-0.1, -0.05) is 30.3 Å². The number of benzene rings is 1. The van der Waals surface area contributed by atoms with Crippen molar-refractivity contribution >= 4 is 0 Å². The Morgan fingerprint density at radius 3 is 2.47 bits per heavy atom. The van der Waals surface area contributed by atoms with Gasteiger partial charge < -0.3 is 5.32 Å². The first-order valence-electron chi connectivity index (χ1n) is 6.25. The maximum atomic E-state index is 3.83. The molecule has 0 atom stereocenters. The molecule has 0 heterocycles. The Balaban J connectivity index is 2.80. The van der Waals surface area contributed by atoms with Crippen LogP contribution in [0.15, 0.2) is 36.9 Å². The summed E-state index contributed by atoms with van der Waals surface area (Å²) in [7, 11) is 1.99.